The fourth-order valence-corrected chi connectivity index (χ4v) is 1.93. The quantitative estimate of drug-likeness (QED) is 0.467. The number of likely N-dealkylation sites (N-methyl/N-ethyl adjacent to an activating group) is 2. The summed E-state index contributed by atoms with van der Waals surface area (Å²) in [7, 11) is 3.42. The zero-order valence-corrected chi connectivity index (χ0v) is 11.0. The Hall–Kier alpha value is -0.123. The van der Waals surface area contributed by atoms with E-state index in [1.807, 2.05) is 5.70 Å². The molecule has 0 aromatic carbocycles. The molecule has 0 unspecified atom stereocenters. The lowest BCUT2D eigenvalue weighted by molar-refractivity contribution is 0.0928. The lowest BCUT2D eigenvalue weighted by Crippen LogP contribution is -2.47. The van der Waals surface area contributed by atoms with Gasteiger partial charge < -0.3 is 0 Å². The zero-order chi connectivity index (χ0) is 11.0. The fraction of sp³-hybridized carbons (Fsp3) is 0.818. The van der Waals surface area contributed by atoms with Gasteiger partial charge in [0, 0.05) is 0 Å². The molecule has 0 heterocycles. The van der Waals surface area contributed by atoms with Crippen LogP contribution in [0.4, 0.5) is 0 Å². The maximum absolute atomic E-state index is 3.42. The monoisotopic (exact) mass is 211 g/mol. The Bertz CT molecular complexity index is 139. The normalized spacial score (nSPS) is 12.6. The van der Waals surface area contributed by atoms with Crippen LogP contribution in [0.15, 0.2) is 11.8 Å². The number of nitrogens with zero attached hydrogens (tertiary/aromatic N) is 2. The number of hydrogen-bond acceptors (Lipinski definition) is 2. The van der Waals surface area contributed by atoms with Gasteiger partial charge in [-0.2, -0.15) is 0 Å². The van der Waals surface area contributed by atoms with Crippen molar-refractivity contribution in [3.05, 3.63) is 11.8 Å². The summed E-state index contributed by atoms with van der Waals surface area (Å²) in [5, 5.41) is 0. The largest absolute Gasteiger partial charge is 0.285 e. The minimum absolute atomic E-state index is 0.428. The molecule has 0 aliphatic heterocycles. The smallest absolute Gasteiger partial charge is 0.0810 e. The Kier molecular flexibility index (Phi) is 8.13. The van der Waals surface area contributed by atoms with Crippen molar-refractivity contribution in [2.24, 2.45) is 0 Å². The third-order valence-electron chi connectivity index (χ3n) is 2.64. The molecule has 0 fully saturated rings. The molecule has 0 spiro atoms. The van der Waals surface area contributed by atoms with Crippen molar-refractivity contribution in [3.63, 3.8) is 0 Å². The van der Waals surface area contributed by atoms with Gasteiger partial charge in [-0.3, -0.25) is 9.80 Å². The highest BCUT2D eigenvalue weighted by atomic mass is 28.1. The van der Waals surface area contributed by atoms with Gasteiger partial charge in [0.15, 0.2) is 0 Å². The van der Waals surface area contributed by atoms with Crippen molar-refractivity contribution in [2.75, 3.05) is 26.2 Å². The van der Waals surface area contributed by atoms with Crippen molar-refractivity contribution < 1.29 is 0 Å². The maximum atomic E-state index is 3.42. The summed E-state index contributed by atoms with van der Waals surface area (Å²) in [6.45, 7) is 13.2. The summed E-state index contributed by atoms with van der Waals surface area (Å²) in [5.74, 6) is 0. The molecule has 14 heavy (non-hydrogen) atoms. The molecule has 2 nitrogen and oxygen atoms in total. The number of rotatable bonds is 7. The predicted molar refractivity (Wildman–Crippen MR) is 64.5 cm³/mol. The van der Waals surface area contributed by atoms with Crippen LogP contribution in [0.5, 0.6) is 0 Å². The van der Waals surface area contributed by atoms with Crippen LogP contribution in [-0.4, -0.2) is 52.4 Å². The summed E-state index contributed by atoms with van der Waals surface area (Å²) < 4.78 is 0. The van der Waals surface area contributed by atoms with E-state index >= 15 is 0 Å². The van der Waals surface area contributed by atoms with Gasteiger partial charge in [-0.25, -0.2) is 0 Å². The van der Waals surface area contributed by atoms with Crippen molar-refractivity contribution >= 4 is 10.2 Å². The Labute approximate surface area is 92.4 Å². The zero-order valence-electron chi connectivity index (χ0n) is 9.95. The third kappa shape index (κ3) is 3.94. The minimum Gasteiger partial charge on any atom is -0.285 e. The molecule has 0 rings (SSSR count). The highest BCUT2D eigenvalue weighted by molar-refractivity contribution is 6.17. The van der Waals surface area contributed by atoms with Crippen LogP contribution >= 0.6 is 0 Å². The average Bonchev–Trinajstić information content (AvgIpc) is 2.21. The Morgan fingerprint density at radius 3 is 1.50 bits per heavy atom. The molecule has 0 saturated heterocycles. The molecule has 0 aliphatic carbocycles. The van der Waals surface area contributed by atoms with Crippen LogP contribution in [0.1, 0.15) is 27.7 Å². The average molecular weight is 211 g/mol. The molecule has 3 heteroatoms. The second kappa shape index (κ2) is 8.21. The maximum Gasteiger partial charge on any atom is 0.0810 e. The van der Waals surface area contributed by atoms with Crippen LogP contribution in [-0.2, 0) is 0 Å². The summed E-state index contributed by atoms with van der Waals surface area (Å²) in [4.78, 5) is 4.90. The van der Waals surface area contributed by atoms with Gasteiger partial charge in [0.25, 0.3) is 0 Å². The molecule has 3 radical (unpaired) electrons. The fourth-order valence-electron chi connectivity index (χ4n) is 1.76. The standard InChI is InChI=1S/C11H23N2Si/c1-5-12(6-2)11(9-10-14)13(7-3)8-4/h9-11H,5-8H2,1-4H3. The van der Waals surface area contributed by atoms with Crippen molar-refractivity contribution in [1.29, 1.82) is 0 Å². The van der Waals surface area contributed by atoms with Gasteiger partial charge in [-0.15, -0.1) is 5.70 Å². The molecule has 0 amide bonds. The Balaban J connectivity index is 4.53. The highest BCUT2D eigenvalue weighted by Gasteiger charge is 2.17. The second-order valence-corrected chi connectivity index (χ2v) is 3.55. The van der Waals surface area contributed by atoms with Gasteiger partial charge in [0.1, 0.15) is 0 Å². The van der Waals surface area contributed by atoms with Crippen LogP contribution in [0.25, 0.3) is 0 Å². The molecule has 0 saturated carbocycles. The minimum atomic E-state index is 0.428. The first-order valence-corrected chi connectivity index (χ1v) is 6.14. The van der Waals surface area contributed by atoms with E-state index < -0.39 is 0 Å². The summed E-state index contributed by atoms with van der Waals surface area (Å²) in [6, 6.07) is 0. The molecule has 0 aromatic rings. The van der Waals surface area contributed by atoms with Crippen molar-refractivity contribution in [3.8, 4) is 0 Å². The first-order chi connectivity index (χ1) is 6.74. The second-order valence-electron chi connectivity index (χ2n) is 3.22. The SMILES string of the molecule is CCN(CC)C(C=C[Si])N(CC)CC. The van der Waals surface area contributed by atoms with E-state index in [2.05, 4.69) is 53.8 Å². The van der Waals surface area contributed by atoms with Crippen molar-refractivity contribution in [2.45, 2.75) is 33.9 Å². The summed E-state index contributed by atoms with van der Waals surface area (Å²) in [5.41, 5.74) is 1.96. The van der Waals surface area contributed by atoms with Gasteiger partial charge in [-0.05, 0) is 26.2 Å². The van der Waals surface area contributed by atoms with E-state index in [9.17, 15) is 0 Å². The molecular formula is C11H23N2Si. The van der Waals surface area contributed by atoms with E-state index in [1.54, 1.807) is 0 Å². The topological polar surface area (TPSA) is 6.48 Å². The van der Waals surface area contributed by atoms with Crippen LogP contribution in [0, 0.1) is 0 Å². The molecule has 0 aromatic heterocycles. The molecule has 0 N–H and O–H groups in total. The lowest BCUT2D eigenvalue weighted by Gasteiger charge is -2.36. The third-order valence-corrected chi connectivity index (χ3v) is 2.83. The first-order valence-electron chi connectivity index (χ1n) is 5.57. The van der Waals surface area contributed by atoms with E-state index in [0.717, 1.165) is 26.2 Å². The van der Waals surface area contributed by atoms with E-state index in [4.69, 9.17) is 0 Å². The molecular weight excluding hydrogens is 188 g/mol. The van der Waals surface area contributed by atoms with Gasteiger partial charge in [0.05, 0.1) is 16.4 Å². The van der Waals surface area contributed by atoms with Gasteiger partial charge in [0.2, 0.25) is 0 Å². The van der Waals surface area contributed by atoms with Gasteiger partial charge in [-0.1, -0.05) is 33.8 Å². The molecule has 0 atom stereocenters. The Morgan fingerprint density at radius 2 is 1.29 bits per heavy atom. The highest BCUT2D eigenvalue weighted by Crippen LogP contribution is 2.07. The molecule has 0 aliphatic rings. The van der Waals surface area contributed by atoms with E-state index in [-0.39, 0.29) is 0 Å². The van der Waals surface area contributed by atoms with Crippen LogP contribution in [0.3, 0.4) is 0 Å². The van der Waals surface area contributed by atoms with E-state index in [0.29, 0.717) is 6.17 Å². The molecule has 0 bridgehead atoms. The number of hydrogen-bond donors (Lipinski definition) is 0. The predicted octanol–water partition coefficient (Wildman–Crippen LogP) is 1.68. The van der Waals surface area contributed by atoms with Crippen LogP contribution in [0.2, 0.25) is 0 Å². The first kappa shape index (κ1) is 13.9. The summed E-state index contributed by atoms with van der Waals surface area (Å²) in [6.07, 6.45) is 2.63. The lowest BCUT2D eigenvalue weighted by atomic mass is 10.3. The van der Waals surface area contributed by atoms with Crippen LogP contribution < -0.4 is 0 Å². The van der Waals surface area contributed by atoms with E-state index in [1.165, 1.54) is 0 Å². The summed E-state index contributed by atoms with van der Waals surface area (Å²) >= 11 is 0. The Morgan fingerprint density at radius 1 is 0.929 bits per heavy atom. The van der Waals surface area contributed by atoms with Gasteiger partial charge >= 0.3 is 0 Å². The molecule has 81 valence electrons. The van der Waals surface area contributed by atoms with Crippen molar-refractivity contribution in [1.82, 2.24) is 9.80 Å².